The zero-order chi connectivity index (χ0) is 13.5. The third-order valence-corrected chi connectivity index (χ3v) is 3.64. The molecule has 0 bridgehead atoms. The van der Waals surface area contributed by atoms with E-state index >= 15 is 0 Å². The lowest BCUT2D eigenvalue weighted by Crippen LogP contribution is -2.46. The fourth-order valence-corrected chi connectivity index (χ4v) is 2.48. The summed E-state index contributed by atoms with van der Waals surface area (Å²) in [7, 11) is 0. The Hall–Kier alpha value is -1.36. The standard InChI is InChI=1S/C14H24N4O/c1-13(15-8-12-18-11-6-7-16-18)14(19)17-9-4-2-3-5-10-17/h6-7,11,13,15H,2-5,8-10,12H2,1H3/t13-/m1/s1. The molecule has 19 heavy (non-hydrogen) atoms. The first-order valence-electron chi connectivity index (χ1n) is 7.27. The number of hydrogen-bond acceptors (Lipinski definition) is 3. The molecular formula is C14H24N4O. The lowest BCUT2D eigenvalue weighted by Gasteiger charge is -2.24. The fraction of sp³-hybridized carbons (Fsp3) is 0.714. The van der Waals surface area contributed by atoms with Crippen LogP contribution in [0, 0.1) is 0 Å². The zero-order valence-electron chi connectivity index (χ0n) is 11.7. The Morgan fingerprint density at radius 3 is 2.68 bits per heavy atom. The first-order valence-corrected chi connectivity index (χ1v) is 7.27. The molecule has 0 aromatic carbocycles. The van der Waals surface area contributed by atoms with Crippen molar-refractivity contribution < 1.29 is 4.79 Å². The quantitative estimate of drug-likeness (QED) is 0.871. The van der Waals surface area contributed by atoms with Gasteiger partial charge in [-0.2, -0.15) is 5.10 Å². The molecule has 2 heterocycles. The van der Waals surface area contributed by atoms with Gasteiger partial charge in [-0.15, -0.1) is 0 Å². The molecule has 0 spiro atoms. The Morgan fingerprint density at radius 1 is 1.32 bits per heavy atom. The number of nitrogens with zero attached hydrogens (tertiary/aromatic N) is 3. The molecule has 1 amide bonds. The molecule has 1 N–H and O–H groups in total. The number of rotatable bonds is 5. The first kappa shape index (κ1) is 14.1. The van der Waals surface area contributed by atoms with Gasteiger partial charge in [0.1, 0.15) is 0 Å². The molecule has 0 saturated carbocycles. The van der Waals surface area contributed by atoms with Crippen LogP contribution in [0.4, 0.5) is 0 Å². The monoisotopic (exact) mass is 264 g/mol. The molecule has 1 aromatic heterocycles. The number of nitrogens with one attached hydrogen (secondary N) is 1. The van der Waals surface area contributed by atoms with E-state index in [1.54, 1.807) is 6.20 Å². The maximum atomic E-state index is 12.3. The largest absolute Gasteiger partial charge is 0.341 e. The maximum absolute atomic E-state index is 12.3. The lowest BCUT2D eigenvalue weighted by molar-refractivity contribution is -0.133. The van der Waals surface area contributed by atoms with Crippen molar-refractivity contribution in [2.45, 2.75) is 45.2 Å². The smallest absolute Gasteiger partial charge is 0.239 e. The highest BCUT2D eigenvalue weighted by Gasteiger charge is 2.20. The number of amides is 1. The molecule has 1 aromatic rings. The number of carbonyl (C=O) groups is 1. The molecule has 0 unspecified atom stereocenters. The van der Waals surface area contributed by atoms with Crippen molar-refractivity contribution in [3.63, 3.8) is 0 Å². The molecule has 5 nitrogen and oxygen atoms in total. The van der Waals surface area contributed by atoms with Gasteiger partial charge in [0.2, 0.25) is 5.91 Å². The molecule has 1 aliphatic heterocycles. The van der Waals surface area contributed by atoms with Crippen LogP contribution in [-0.4, -0.2) is 46.3 Å². The van der Waals surface area contributed by atoms with E-state index in [9.17, 15) is 4.79 Å². The van der Waals surface area contributed by atoms with E-state index < -0.39 is 0 Å². The van der Waals surface area contributed by atoms with Crippen LogP contribution in [0.3, 0.4) is 0 Å². The normalized spacial score (nSPS) is 18.1. The summed E-state index contributed by atoms with van der Waals surface area (Å²) in [6.45, 7) is 5.36. The van der Waals surface area contributed by atoms with Crippen molar-refractivity contribution in [1.29, 1.82) is 0 Å². The minimum Gasteiger partial charge on any atom is -0.341 e. The predicted molar refractivity (Wildman–Crippen MR) is 74.7 cm³/mol. The van der Waals surface area contributed by atoms with E-state index in [2.05, 4.69) is 10.4 Å². The number of aromatic nitrogens is 2. The van der Waals surface area contributed by atoms with Gasteiger partial charge in [0, 0.05) is 32.0 Å². The van der Waals surface area contributed by atoms with E-state index in [0.717, 1.165) is 39.0 Å². The summed E-state index contributed by atoms with van der Waals surface area (Å²) in [5, 5.41) is 7.43. The third kappa shape index (κ3) is 4.35. The molecule has 1 aliphatic rings. The molecule has 1 fully saturated rings. The van der Waals surface area contributed by atoms with E-state index in [1.807, 2.05) is 28.8 Å². The third-order valence-electron chi connectivity index (χ3n) is 3.64. The summed E-state index contributed by atoms with van der Waals surface area (Å²) in [6.07, 6.45) is 8.50. The first-order chi connectivity index (χ1) is 9.27. The summed E-state index contributed by atoms with van der Waals surface area (Å²) < 4.78 is 1.87. The Labute approximate surface area is 115 Å². The van der Waals surface area contributed by atoms with Crippen LogP contribution < -0.4 is 5.32 Å². The Bertz CT molecular complexity index is 369. The van der Waals surface area contributed by atoms with Crippen LogP contribution in [0.5, 0.6) is 0 Å². The van der Waals surface area contributed by atoms with Crippen molar-refractivity contribution in [1.82, 2.24) is 20.0 Å². The highest BCUT2D eigenvalue weighted by atomic mass is 16.2. The zero-order valence-corrected chi connectivity index (χ0v) is 11.7. The van der Waals surface area contributed by atoms with Crippen molar-refractivity contribution in [2.24, 2.45) is 0 Å². The van der Waals surface area contributed by atoms with Gasteiger partial charge in [0.15, 0.2) is 0 Å². The van der Waals surface area contributed by atoms with Crippen molar-refractivity contribution >= 4 is 5.91 Å². The van der Waals surface area contributed by atoms with Crippen molar-refractivity contribution in [2.75, 3.05) is 19.6 Å². The average molecular weight is 264 g/mol. The van der Waals surface area contributed by atoms with Gasteiger partial charge in [-0.05, 0) is 25.8 Å². The van der Waals surface area contributed by atoms with E-state index in [0.29, 0.717) is 0 Å². The predicted octanol–water partition coefficient (Wildman–Crippen LogP) is 1.26. The van der Waals surface area contributed by atoms with Gasteiger partial charge >= 0.3 is 0 Å². The van der Waals surface area contributed by atoms with Gasteiger partial charge in [0.25, 0.3) is 0 Å². The molecular weight excluding hydrogens is 240 g/mol. The van der Waals surface area contributed by atoms with Gasteiger partial charge in [-0.3, -0.25) is 9.48 Å². The second-order valence-corrected chi connectivity index (χ2v) is 5.18. The summed E-state index contributed by atoms with van der Waals surface area (Å²) in [5.41, 5.74) is 0. The highest BCUT2D eigenvalue weighted by Crippen LogP contribution is 2.10. The summed E-state index contributed by atoms with van der Waals surface area (Å²) in [5.74, 6) is 0.238. The second-order valence-electron chi connectivity index (χ2n) is 5.18. The lowest BCUT2D eigenvalue weighted by atomic mass is 10.2. The number of hydrogen-bond donors (Lipinski definition) is 1. The van der Waals surface area contributed by atoms with E-state index in [-0.39, 0.29) is 11.9 Å². The molecule has 0 radical (unpaired) electrons. The molecule has 5 heteroatoms. The van der Waals surface area contributed by atoms with E-state index in [4.69, 9.17) is 0 Å². The Morgan fingerprint density at radius 2 is 2.05 bits per heavy atom. The Balaban J connectivity index is 1.72. The molecule has 1 atom stereocenters. The van der Waals surface area contributed by atoms with Gasteiger partial charge in [-0.25, -0.2) is 0 Å². The van der Waals surface area contributed by atoms with Crippen LogP contribution in [-0.2, 0) is 11.3 Å². The number of carbonyl (C=O) groups excluding carboxylic acids is 1. The van der Waals surface area contributed by atoms with Crippen LogP contribution in [0.1, 0.15) is 32.6 Å². The van der Waals surface area contributed by atoms with Crippen molar-refractivity contribution in [3.8, 4) is 0 Å². The summed E-state index contributed by atoms with van der Waals surface area (Å²) in [4.78, 5) is 14.3. The topological polar surface area (TPSA) is 50.2 Å². The van der Waals surface area contributed by atoms with Gasteiger partial charge < -0.3 is 10.2 Å². The average Bonchev–Trinajstić information content (AvgIpc) is 2.78. The number of likely N-dealkylation sites (tertiary alicyclic amines) is 1. The van der Waals surface area contributed by atoms with Crippen LogP contribution >= 0.6 is 0 Å². The minimum atomic E-state index is -0.103. The molecule has 0 aliphatic carbocycles. The highest BCUT2D eigenvalue weighted by molar-refractivity contribution is 5.81. The van der Waals surface area contributed by atoms with Gasteiger partial charge in [-0.1, -0.05) is 12.8 Å². The van der Waals surface area contributed by atoms with Crippen LogP contribution in [0.25, 0.3) is 0 Å². The van der Waals surface area contributed by atoms with Crippen molar-refractivity contribution in [3.05, 3.63) is 18.5 Å². The summed E-state index contributed by atoms with van der Waals surface area (Å²) in [6, 6.07) is 1.81. The van der Waals surface area contributed by atoms with Crippen LogP contribution in [0.15, 0.2) is 18.5 Å². The second kappa shape index (κ2) is 7.28. The van der Waals surface area contributed by atoms with Gasteiger partial charge in [0.05, 0.1) is 12.6 Å². The summed E-state index contributed by atoms with van der Waals surface area (Å²) >= 11 is 0. The molecule has 1 saturated heterocycles. The van der Waals surface area contributed by atoms with Crippen LogP contribution in [0.2, 0.25) is 0 Å². The Kier molecular flexibility index (Phi) is 5.39. The molecule has 106 valence electrons. The SMILES string of the molecule is C[C@@H](NCCn1cccn1)C(=O)N1CCCCCC1. The maximum Gasteiger partial charge on any atom is 0.239 e. The fourth-order valence-electron chi connectivity index (χ4n) is 2.48. The van der Waals surface area contributed by atoms with E-state index in [1.165, 1.54) is 12.8 Å². The molecule has 2 rings (SSSR count). The minimum absolute atomic E-state index is 0.103.